The molecule has 0 radical (unpaired) electrons. The van der Waals surface area contributed by atoms with Gasteiger partial charge in [-0.15, -0.1) is 0 Å². The minimum absolute atomic E-state index is 0.153. The van der Waals surface area contributed by atoms with Crippen LogP contribution in [0.25, 0.3) is 0 Å². The van der Waals surface area contributed by atoms with Crippen LogP contribution in [0, 0.1) is 0 Å². The molecule has 102 valence electrons. The zero-order chi connectivity index (χ0) is 13.7. The number of nitrogens with zero attached hydrogens (tertiary/aromatic N) is 2. The largest absolute Gasteiger partial charge is 0.398 e. The third-order valence-electron chi connectivity index (χ3n) is 4.11. The fraction of sp³-hybridized carbons (Fsp3) is 0.538. The number of alkyl halides is 3. The van der Waals surface area contributed by atoms with Crippen LogP contribution >= 0.6 is 0 Å². The molecule has 0 bridgehead atoms. The van der Waals surface area contributed by atoms with Crippen molar-refractivity contribution >= 4 is 6.41 Å². The van der Waals surface area contributed by atoms with Crippen LogP contribution in [0.3, 0.4) is 0 Å². The molecule has 1 amide bonds. The Labute approximate surface area is 108 Å². The molecule has 3 nitrogen and oxygen atoms in total. The fourth-order valence-corrected chi connectivity index (χ4v) is 2.58. The van der Waals surface area contributed by atoms with Gasteiger partial charge in [-0.1, -0.05) is 6.07 Å². The number of hydrogen-bond donors (Lipinski definition) is 0. The summed E-state index contributed by atoms with van der Waals surface area (Å²) in [6, 6.07) is 3.19. The lowest BCUT2D eigenvalue weighted by atomic mass is 9.93. The van der Waals surface area contributed by atoms with E-state index in [2.05, 4.69) is 4.98 Å². The average molecular weight is 270 g/mol. The van der Waals surface area contributed by atoms with Crippen LogP contribution in [0.15, 0.2) is 18.3 Å². The van der Waals surface area contributed by atoms with Crippen molar-refractivity contribution in [3.63, 3.8) is 0 Å². The number of aromatic nitrogens is 1. The molecule has 6 heteroatoms. The highest BCUT2D eigenvalue weighted by atomic mass is 19.4. The van der Waals surface area contributed by atoms with E-state index in [1.54, 1.807) is 11.0 Å². The molecule has 1 aliphatic carbocycles. The van der Waals surface area contributed by atoms with Gasteiger partial charge < -0.3 is 4.90 Å². The Morgan fingerprint density at radius 2 is 2.00 bits per heavy atom. The topological polar surface area (TPSA) is 33.2 Å². The van der Waals surface area contributed by atoms with Crippen molar-refractivity contribution in [2.45, 2.75) is 30.4 Å². The molecule has 2 heterocycles. The molecule has 1 aromatic heterocycles. The summed E-state index contributed by atoms with van der Waals surface area (Å²) in [6.07, 6.45) is -1.77. The van der Waals surface area contributed by atoms with Crippen molar-refractivity contribution in [1.82, 2.24) is 9.88 Å². The van der Waals surface area contributed by atoms with Crippen LogP contribution in [-0.4, -0.2) is 35.6 Å². The maximum absolute atomic E-state index is 12.9. The van der Waals surface area contributed by atoms with Gasteiger partial charge in [0.05, 0.1) is 5.41 Å². The molecule has 1 aromatic rings. The highest BCUT2D eigenvalue weighted by Crippen LogP contribution is 2.58. The van der Waals surface area contributed by atoms with Crippen LogP contribution in [0.5, 0.6) is 0 Å². The summed E-state index contributed by atoms with van der Waals surface area (Å²) < 4.78 is 38.8. The first-order chi connectivity index (χ1) is 8.96. The fourth-order valence-electron chi connectivity index (χ4n) is 2.58. The third-order valence-corrected chi connectivity index (χ3v) is 4.11. The van der Waals surface area contributed by atoms with E-state index in [0.717, 1.165) is 12.1 Å². The van der Waals surface area contributed by atoms with Gasteiger partial charge in [0, 0.05) is 30.9 Å². The Morgan fingerprint density at radius 1 is 1.32 bits per heavy atom. The standard InChI is InChI=1S/C13H13F3N2O/c14-13(15,16)12(3-4-12)10-1-2-11(17-5-10)9-6-18(7-9)8-19/h1-2,5,8-9H,3-4,6-7H2. The lowest BCUT2D eigenvalue weighted by Gasteiger charge is -2.36. The molecular formula is C13H13F3N2O. The van der Waals surface area contributed by atoms with Crippen LogP contribution in [0.4, 0.5) is 13.2 Å². The average Bonchev–Trinajstić information content (AvgIpc) is 3.09. The molecule has 19 heavy (non-hydrogen) atoms. The van der Waals surface area contributed by atoms with Crippen molar-refractivity contribution in [3.8, 4) is 0 Å². The van der Waals surface area contributed by atoms with E-state index in [-0.39, 0.29) is 24.3 Å². The molecule has 2 fully saturated rings. The molecule has 0 N–H and O–H groups in total. The molecule has 1 aliphatic heterocycles. The summed E-state index contributed by atoms with van der Waals surface area (Å²) in [4.78, 5) is 16.2. The van der Waals surface area contributed by atoms with Gasteiger partial charge in [0.15, 0.2) is 0 Å². The second-order valence-electron chi connectivity index (χ2n) is 5.31. The van der Waals surface area contributed by atoms with Gasteiger partial charge >= 0.3 is 6.18 Å². The summed E-state index contributed by atoms with van der Waals surface area (Å²) in [5.41, 5.74) is -0.636. The van der Waals surface area contributed by atoms with Gasteiger partial charge in [0.1, 0.15) is 0 Å². The number of pyridine rings is 1. The number of rotatable bonds is 3. The number of amides is 1. The molecule has 1 saturated heterocycles. The number of likely N-dealkylation sites (tertiary alicyclic amines) is 1. The van der Waals surface area contributed by atoms with E-state index in [4.69, 9.17) is 0 Å². The molecule has 0 spiro atoms. The molecule has 0 unspecified atom stereocenters. The minimum atomic E-state index is -4.19. The summed E-state index contributed by atoms with van der Waals surface area (Å²) in [5, 5.41) is 0. The monoisotopic (exact) mass is 270 g/mol. The Morgan fingerprint density at radius 3 is 2.42 bits per heavy atom. The van der Waals surface area contributed by atoms with Gasteiger partial charge in [-0.3, -0.25) is 9.78 Å². The quantitative estimate of drug-likeness (QED) is 0.789. The lowest BCUT2D eigenvalue weighted by molar-refractivity contribution is -0.160. The van der Waals surface area contributed by atoms with E-state index in [0.29, 0.717) is 13.1 Å². The first-order valence-corrected chi connectivity index (χ1v) is 6.19. The Bertz CT molecular complexity index is 488. The second kappa shape index (κ2) is 3.95. The van der Waals surface area contributed by atoms with Gasteiger partial charge in [-0.2, -0.15) is 13.2 Å². The van der Waals surface area contributed by atoms with Gasteiger partial charge in [-0.05, 0) is 24.5 Å². The van der Waals surface area contributed by atoms with Gasteiger partial charge in [0.25, 0.3) is 0 Å². The van der Waals surface area contributed by atoms with Crippen molar-refractivity contribution in [2.75, 3.05) is 13.1 Å². The molecule has 3 rings (SSSR count). The minimum Gasteiger partial charge on any atom is -0.344 e. The zero-order valence-corrected chi connectivity index (χ0v) is 10.2. The van der Waals surface area contributed by atoms with Crippen LogP contribution in [0.1, 0.15) is 30.0 Å². The van der Waals surface area contributed by atoms with Crippen molar-refractivity contribution in [2.24, 2.45) is 0 Å². The molecular weight excluding hydrogens is 257 g/mol. The Hall–Kier alpha value is -1.59. The Kier molecular flexibility index (Phi) is 2.59. The first-order valence-electron chi connectivity index (χ1n) is 6.19. The highest BCUT2D eigenvalue weighted by molar-refractivity contribution is 5.49. The summed E-state index contributed by atoms with van der Waals surface area (Å²) >= 11 is 0. The highest BCUT2D eigenvalue weighted by Gasteiger charge is 2.64. The first kappa shape index (κ1) is 12.4. The van der Waals surface area contributed by atoms with E-state index in [1.807, 2.05) is 0 Å². The molecule has 2 aliphatic rings. The van der Waals surface area contributed by atoms with Gasteiger partial charge in [-0.25, -0.2) is 0 Å². The number of carbonyl (C=O) groups excluding carboxylic acids is 1. The van der Waals surface area contributed by atoms with Crippen molar-refractivity contribution in [1.29, 1.82) is 0 Å². The second-order valence-corrected chi connectivity index (χ2v) is 5.31. The maximum atomic E-state index is 12.9. The summed E-state index contributed by atoms with van der Waals surface area (Å²) in [7, 11) is 0. The van der Waals surface area contributed by atoms with E-state index >= 15 is 0 Å². The smallest absolute Gasteiger partial charge is 0.344 e. The van der Waals surface area contributed by atoms with Crippen molar-refractivity contribution < 1.29 is 18.0 Å². The van der Waals surface area contributed by atoms with E-state index < -0.39 is 11.6 Å². The maximum Gasteiger partial charge on any atom is 0.398 e. The SMILES string of the molecule is O=CN1CC(c2ccc(C3(C(F)(F)F)CC3)cn2)C1. The Balaban J connectivity index is 1.75. The van der Waals surface area contributed by atoms with Crippen LogP contribution < -0.4 is 0 Å². The number of carbonyl (C=O) groups is 1. The summed E-state index contributed by atoms with van der Waals surface area (Å²) in [6.45, 7) is 1.19. The molecule has 1 saturated carbocycles. The van der Waals surface area contributed by atoms with Crippen LogP contribution in [0.2, 0.25) is 0 Å². The van der Waals surface area contributed by atoms with E-state index in [9.17, 15) is 18.0 Å². The van der Waals surface area contributed by atoms with Crippen molar-refractivity contribution in [3.05, 3.63) is 29.6 Å². The predicted octanol–water partition coefficient (Wildman–Crippen LogP) is 2.23. The third kappa shape index (κ3) is 1.89. The predicted molar refractivity (Wildman–Crippen MR) is 61.6 cm³/mol. The number of halogens is 3. The zero-order valence-electron chi connectivity index (χ0n) is 10.2. The normalized spacial score (nSPS) is 21.9. The molecule has 0 atom stereocenters. The van der Waals surface area contributed by atoms with Crippen LogP contribution in [-0.2, 0) is 10.2 Å². The van der Waals surface area contributed by atoms with E-state index in [1.165, 1.54) is 12.3 Å². The molecule has 0 aromatic carbocycles. The summed E-state index contributed by atoms with van der Waals surface area (Å²) in [5.74, 6) is 0.153. The van der Waals surface area contributed by atoms with Gasteiger partial charge in [0.2, 0.25) is 6.41 Å². The lowest BCUT2D eigenvalue weighted by Crippen LogP contribution is -2.44. The number of hydrogen-bond acceptors (Lipinski definition) is 2.